The molecule has 1 amide bonds. The lowest BCUT2D eigenvalue weighted by atomic mass is 9.97. The van der Waals surface area contributed by atoms with E-state index < -0.39 is 0 Å². The number of carbonyl (C=O) groups excluding carboxylic acids is 1. The van der Waals surface area contributed by atoms with Gasteiger partial charge in [0.25, 0.3) is 5.91 Å². The Morgan fingerprint density at radius 3 is 2.75 bits per heavy atom. The number of nitrogens with two attached hydrogens (primary N) is 1. The van der Waals surface area contributed by atoms with E-state index in [0.29, 0.717) is 6.54 Å². The molecule has 0 unspecified atom stereocenters. The second-order valence-corrected chi connectivity index (χ2v) is 9.61. The molecule has 2 aromatic carbocycles. The summed E-state index contributed by atoms with van der Waals surface area (Å²) in [6, 6.07) is 15.0. The van der Waals surface area contributed by atoms with E-state index in [0.717, 1.165) is 59.1 Å². The van der Waals surface area contributed by atoms with E-state index in [9.17, 15) is 4.79 Å². The third kappa shape index (κ3) is 3.13. The minimum absolute atomic E-state index is 0.0286. The molecule has 1 saturated carbocycles. The Kier molecular flexibility index (Phi) is 4.40. The van der Waals surface area contributed by atoms with Gasteiger partial charge in [0, 0.05) is 49.2 Å². The quantitative estimate of drug-likeness (QED) is 0.524. The molecule has 6 heteroatoms. The van der Waals surface area contributed by atoms with Crippen LogP contribution in [0.25, 0.3) is 33.5 Å². The van der Waals surface area contributed by atoms with Gasteiger partial charge in [0.1, 0.15) is 0 Å². The highest BCUT2D eigenvalue weighted by atomic mass is 16.2. The number of amides is 1. The largest absolute Gasteiger partial charge is 0.338 e. The van der Waals surface area contributed by atoms with Crippen molar-refractivity contribution in [1.82, 2.24) is 19.0 Å². The van der Waals surface area contributed by atoms with Crippen LogP contribution in [0.2, 0.25) is 0 Å². The summed E-state index contributed by atoms with van der Waals surface area (Å²) < 4.78 is 4.62. The summed E-state index contributed by atoms with van der Waals surface area (Å²) in [6.07, 6.45) is 3.47. The van der Waals surface area contributed by atoms with Crippen molar-refractivity contribution in [2.45, 2.75) is 38.8 Å². The minimum atomic E-state index is -0.0286. The maximum atomic E-state index is 13.1. The highest BCUT2D eigenvalue weighted by Crippen LogP contribution is 2.36. The van der Waals surface area contributed by atoms with Crippen LogP contribution in [0.4, 0.5) is 0 Å². The van der Waals surface area contributed by atoms with Crippen LogP contribution in [0.5, 0.6) is 0 Å². The standard InChI is InChI=1S/C26H29N5O/c1-16(27)14-30-10-9-18-11-23-21(13-20(18)26(30)32)28-25(29(23)2)24-12-19-5-3-4-6-22(19)31(24)15-17-7-8-17/h3-6,11-13,16-17H,7-10,14-15,27H2,1-2H3/t16-/m1/s1. The molecule has 2 N–H and O–H groups in total. The van der Waals surface area contributed by atoms with Crippen LogP contribution in [0.15, 0.2) is 42.5 Å². The number of para-hydroxylation sites is 1. The van der Waals surface area contributed by atoms with Gasteiger partial charge < -0.3 is 19.8 Å². The number of carbonyl (C=O) groups is 1. The molecular weight excluding hydrogens is 398 g/mol. The Bertz CT molecular complexity index is 1360. The predicted molar refractivity (Wildman–Crippen MR) is 128 cm³/mol. The normalized spacial score (nSPS) is 17.3. The number of hydrogen-bond acceptors (Lipinski definition) is 3. The zero-order chi connectivity index (χ0) is 22.0. The summed E-state index contributed by atoms with van der Waals surface area (Å²) in [5, 5.41) is 1.25. The minimum Gasteiger partial charge on any atom is -0.338 e. The summed E-state index contributed by atoms with van der Waals surface area (Å²) in [6.45, 7) is 4.29. The Hall–Kier alpha value is -3.12. The predicted octanol–water partition coefficient (Wildman–Crippen LogP) is 3.95. The van der Waals surface area contributed by atoms with E-state index in [-0.39, 0.29) is 11.9 Å². The Balaban J connectivity index is 1.48. The lowest BCUT2D eigenvalue weighted by Gasteiger charge is -2.29. The average Bonchev–Trinajstić information content (AvgIpc) is 3.45. The lowest BCUT2D eigenvalue weighted by Crippen LogP contribution is -2.43. The van der Waals surface area contributed by atoms with Crippen LogP contribution < -0.4 is 5.73 Å². The van der Waals surface area contributed by atoms with Crippen molar-refractivity contribution >= 4 is 27.8 Å². The molecule has 3 heterocycles. The molecule has 0 spiro atoms. The molecule has 0 radical (unpaired) electrons. The molecular formula is C26H29N5O. The Labute approximate surface area is 187 Å². The van der Waals surface area contributed by atoms with E-state index >= 15 is 0 Å². The number of fused-ring (bicyclic) bond motifs is 3. The maximum absolute atomic E-state index is 13.1. The van der Waals surface area contributed by atoms with Gasteiger partial charge in [-0.3, -0.25) is 4.79 Å². The smallest absolute Gasteiger partial charge is 0.254 e. The van der Waals surface area contributed by atoms with Crippen molar-refractivity contribution in [1.29, 1.82) is 0 Å². The Morgan fingerprint density at radius 1 is 1.16 bits per heavy atom. The summed E-state index contributed by atoms with van der Waals surface area (Å²) in [5.41, 5.74) is 12.2. The number of hydrogen-bond donors (Lipinski definition) is 1. The van der Waals surface area contributed by atoms with Gasteiger partial charge in [0.2, 0.25) is 0 Å². The van der Waals surface area contributed by atoms with Crippen LogP contribution in [0.1, 0.15) is 35.7 Å². The number of nitrogens with zero attached hydrogens (tertiary/aromatic N) is 4. The van der Waals surface area contributed by atoms with Gasteiger partial charge in [0.05, 0.1) is 16.7 Å². The summed E-state index contributed by atoms with van der Waals surface area (Å²) in [5.74, 6) is 1.79. The monoisotopic (exact) mass is 427 g/mol. The summed E-state index contributed by atoms with van der Waals surface area (Å²) in [7, 11) is 2.09. The molecule has 2 aromatic heterocycles. The van der Waals surface area contributed by atoms with E-state index in [1.54, 1.807) is 0 Å². The molecule has 1 aliphatic heterocycles. The first-order valence-electron chi connectivity index (χ1n) is 11.6. The highest BCUT2D eigenvalue weighted by molar-refractivity contribution is 6.00. The molecule has 6 nitrogen and oxygen atoms in total. The highest BCUT2D eigenvalue weighted by Gasteiger charge is 2.28. The van der Waals surface area contributed by atoms with Gasteiger partial charge in [-0.15, -0.1) is 0 Å². The average molecular weight is 428 g/mol. The topological polar surface area (TPSA) is 69.1 Å². The number of aromatic nitrogens is 3. The molecule has 1 aliphatic carbocycles. The van der Waals surface area contributed by atoms with Crippen LogP contribution in [-0.4, -0.2) is 44.1 Å². The second-order valence-electron chi connectivity index (χ2n) is 9.61. The fourth-order valence-electron chi connectivity index (χ4n) is 5.12. The molecule has 164 valence electrons. The molecule has 6 rings (SSSR count). The molecule has 1 fully saturated rings. The van der Waals surface area contributed by atoms with Gasteiger partial charge in [-0.05, 0) is 61.9 Å². The fraction of sp³-hybridized carbons (Fsp3) is 0.385. The molecule has 1 atom stereocenters. The van der Waals surface area contributed by atoms with Crippen molar-refractivity contribution in [3.8, 4) is 11.5 Å². The molecule has 0 saturated heterocycles. The van der Waals surface area contributed by atoms with Crippen LogP contribution in [0.3, 0.4) is 0 Å². The maximum Gasteiger partial charge on any atom is 0.254 e. The van der Waals surface area contributed by atoms with E-state index in [4.69, 9.17) is 10.7 Å². The van der Waals surface area contributed by atoms with Crippen molar-refractivity contribution in [2.75, 3.05) is 13.1 Å². The van der Waals surface area contributed by atoms with Crippen molar-refractivity contribution in [2.24, 2.45) is 18.7 Å². The third-order valence-corrected chi connectivity index (χ3v) is 6.96. The number of aryl methyl sites for hydroxylation is 1. The first kappa shape index (κ1) is 19.6. The van der Waals surface area contributed by atoms with Gasteiger partial charge >= 0.3 is 0 Å². The summed E-state index contributed by atoms with van der Waals surface area (Å²) in [4.78, 5) is 20.0. The summed E-state index contributed by atoms with van der Waals surface area (Å²) >= 11 is 0. The van der Waals surface area contributed by atoms with Crippen molar-refractivity contribution in [3.63, 3.8) is 0 Å². The van der Waals surface area contributed by atoms with E-state index in [1.807, 2.05) is 17.9 Å². The third-order valence-electron chi connectivity index (χ3n) is 6.96. The number of benzene rings is 2. The zero-order valence-electron chi connectivity index (χ0n) is 18.7. The van der Waals surface area contributed by atoms with Gasteiger partial charge in [-0.25, -0.2) is 4.98 Å². The zero-order valence-corrected chi connectivity index (χ0v) is 18.7. The molecule has 4 aromatic rings. The Morgan fingerprint density at radius 2 is 1.97 bits per heavy atom. The lowest BCUT2D eigenvalue weighted by molar-refractivity contribution is 0.0732. The fourth-order valence-corrected chi connectivity index (χ4v) is 5.12. The molecule has 2 aliphatic rings. The van der Waals surface area contributed by atoms with E-state index in [2.05, 4.69) is 52.6 Å². The second kappa shape index (κ2) is 7.20. The van der Waals surface area contributed by atoms with Crippen molar-refractivity contribution < 1.29 is 4.79 Å². The van der Waals surface area contributed by atoms with Crippen LogP contribution in [-0.2, 0) is 20.0 Å². The first-order valence-corrected chi connectivity index (χ1v) is 11.6. The number of imidazole rings is 1. The van der Waals surface area contributed by atoms with Crippen LogP contribution >= 0.6 is 0 Å². The SMILES string of the molecule is C[C@@H](N)CN1CCc2cc3c(cc2C1=O)nc(-c1cc2ccccc2n1CC1CC1)n3C. The molecule has 32 heavy (non-hydrogen) atoms. The number of rotatable bonds is 5. The van der Waals surface area contributed by atoms with Crippen LogP contribution in [0, 0.1) is 5.92 Å². The molecule has 0 bridgehead atoms. The van der Waals surface area contributed by atoms with Gasteiger partial charge in [-0.1, -0.05) is 18.2 Å². The first-order chi connectivity index (χ1) is 15.5. The van der Waals surface area contributed by atoms with Gasteiger partial charge in [0.15, 0.2) is 5.82 Å². The van der Waals surface area contributed by atoms with Gasteiger partial charge in [-0.2, -0.15) is 0 Å². The van der Waals surface area contributed by atoms with E-state index in [1.165, 1.54) is 23.7 Å². The van der Waals surface area contributed by atoms with Crippen molar-refractivity contribution in [3.05, 3.63) is 53.6 Å².